The number of hydrogen-bond acceptors (Lipinski definition) is 3. The number of amides is 1. The molecule has 5 heteroatoms. The third kappa shape index (κ3) is 6.46. The molecule has 1 unspecified atom stereocenters. The maximum absolute atomic E-state index is 11.0. The van der Waals surface area contributed by atoms with Crippen molar-refractivity contribution in [1.29, 1.82) is 0 Å². The van der Waals surface area contributed by atoms with Crippen LogP contribution in [0.4, 0.5) is 4.79 Å². The van der Waals surface area contributed by atoms with E-state index in [1.807, 2.05) is 18.2 Å². The van der Waals surface area contributed by atoms with Gasteiger partial charge in [-0.25, -0.2) is 4.79 Å². The Bertz CT molecular complexity index is 905. The van der Waals surface area contributed by atoms with E-state index in [9.17, 15) is 4.79 Å². The van der Waals surface area contributed by atoms with Crippen molar-refractivity contribution in [2.24, 2.45) is 5.41 Å². The normalized spacial score (nSPS) is 12.8. The Kier molecular flexibility index (Phi) is 8.85. The van der Waals surface area contributed by atoms with Gasteiger partial charge >= 0.3 is 6.09 Å². The van der Waals surface area contributed by atoms with Crippen LogP contribution in [0.5, 0.6) is 0 Å². The number of nitrogens with one attached hydrogen (secondary N) is 3. The molecule has 0 aliphatic rings. The lowest BCUT2D eigenvalue weighted by molar-refractivity contribution is 0.187. The van der Waals surface area contributed by atoms with Gasteiger partial charge in [0.25, 0.3) is 0 Å². The van der Waals surface area contributed by atoms with Crippen molar-refractivity contribution >= 4 is 6.09 Å². The molecule has 3 aromatic carbocycles. The monoisotopic (exact) mass is 459 g/mol. The lowest BCUT2D eigenvalue weighted by Gasteiger charge is -2.37. The zero-order valence-electron chi connectivity index (χ0n) is 20.4. The summed E-state index contributed by atoms with van der Waals surface area (Å²) < 4.78 is 0. The van der Waals surface area contributed by atoms with Gasteiger partial charge < -0.3 is 15.7 Å². The van der Waals surface area contributed by atoms with Gasteiger partial charge in [0.1, 0.15) is 0 Å². The molecule has 0 saturated carbocycles. The molecule has 3 aromatic rings. The highest BCUT2D eigenvalue weighted by Crippen LogP contribution is 2.36. The first kappa shape index (κ1) is 25.5. The Balaban J connectivity index is 1.80. The first-order valence-corrected chi connectivity index (χ1v) is 12.0. The van der Waals surface area contributed by atoms with E-state index in [1.165, 1.54) is 16.7 Å². The van der Waals surface area contributed by atoms with Gasteiger partial charge in [0.05, 0.1) is 5.54 Å². The molecule has 0 spiro atoms. The molecular weight excluding hydrogens is 422 g/mol. The van der Waals surface area contributed by atoms with Crippen LogP contribution in [0.15, 0.2) is 91.0 Å². The SMILES string of the molecule is CC(C)(C)C(CNC(=O)O)NCCCNC(c1ccccc1)(c1ccccc1)c1ccccc1. The summed E-state index contributed by atoms with van der Waals surface area (Å²) >= 11 is 0. The Morgan fingerprint density at radius 1 is 0.765 bits per heavy atom. The molecule has 1 atom stereocenters. The molecule has 0 saturated heterocycles. The summed E-state index contributed by atoms with van der Waals surface area (Å²) in [6, 6.07) is 31.8. The zero-order chi connectivity index (χ0) is 24.4. The fourth-order valence-corrected chi connectivity index (χ4v) is 4.39. The third-order valence-corrected chi connectivity index (χ3v) is 6.26. The second-order valence-electron chi connectivity index (χ2n) is 9.69. The summed E-state index contributed by atoms with van der Waals surface area (Å²) in [6.45, 7) is 8.32. The van der Waals surface area contributed by atoms with Gasteiger partial charge in [-0.3, -0.25) is 5.32 Å². The molecule has 1 amide bonds. The maximum atomic E-state index is 11.0. The lowest BCUT2D eigenvalue weighted by atomic mass is 9.77. The minimum Gasteiger partial charge on any atom is -0.465 e. The number of benzene rings is 3. The molecule has 180 valence electrons. The van der Waals surface area contributed by atoms with Gasteiger partial charge in [0.15, 0.2) is 0 Å². The first-order chi connectivity index (χ1) is 16.3. The Hall–Kier alpha value is -3.15. The van der Waals surface area contributed by atoms with E-state index < -0.39 is 11.6 Å². The van der Waals surface area contributed by atoms with E-state index in [1.54, 1.807) is 0 Å². The molecule has 34 heavy (non-hydrogen) atoms. The summed E-state index contributed by atoms with van der Waals surface area (Å²) in [6.07, 6.45) is -0.0930. The van der Waals surface area contributed by atoms with Crippen LogP contribution in [0.3, 0.4) is 0 Å². The zero-order valence-corrected chi connectivity index (χ0v) is 20.4. The van der Waals surface area contributed by atoms with Crippen LogP contribution in [0.2, 0.25) is 0 Å². The number of carboxylic acid groups (broad SMARTS) is 1. The molecule has 5 nitrogen and oxygen atoms in total. The van der Waals surface area contributed by atoms with Crippen LogP contribution < -0.4 is 16.0 Å². The fraction of sp³-hybridized carbons (Fsp3) is 0.345. The number of hydrogen-bond donors (Lipinski definition) is 4. The van der Waals surface area contributed by atoms with Gasteiger partial charge in [-0.05, 0) is 41.6 Å². The van der Waals surface area contributed by atoms with Gasteiger partial charge in [0.2, 0.25) is 0 Å². The molecule has 0 aliphatic heterocycles. The van der Waals surface area contributed by atoms with Gasteiger partial charge in [-0.15, -0.1) is 0 Å². The van der Waals surface area contributed by atoms with Crippen LogP contribution in [-0.2, 0) is 5.54 Å². The quantitative estimate of drug-likeness (QED) is 0.234. The molecule has 0 aromatic heterocycles. The Labute approximate surface area is 203 Å². The van der Waals surface area contributed by atoms with E-state index in [2.05, 4.69) is 110 Å². The topological polar surface area (TPSA) is 73.4 Å². The van der Waals surface area contributed by atoms with E-state index >= 15 is 0 Å². The lowest BCUT2D eigenvalue weighted by Crippen LogP contribution is -2.49. The highest BCUT2D eigenvalue weighted by atomic mass is 16.4. The largest absolute Gasteiger partial charge is 0.465 e. The smallest absolute Gasteiger partial charge is 0.404 e. The molecule has 3 rings (SSSR count). The van der Waals surface area contributed by atoms with E-state index in [4.69, 9.17) is 5.11 Å². The second-order valence-corrected chi connectivity index (χ2v) is 9.69. The average molecular weight is 460 g/mol. The summed E-state index contributed by atoms with van der Waals surface area (Å²) in [7, 11) is 0. The van der Waals surface area contributed by atoms with Crippen molar-refractivity contribution in [1.82, 2.24) is 16.0 Å². The minimum absolute atomic E-state index is 0.0470. The molecule has 0 radical (unpaired) electrons. The van der Waals surface area contributed by atoms with Crippen molar-refractivity contribution in [3.63, 3.8) is 0 Å². The summed E-state index contributed by atoms with van der Waals surface area (Å²) in [5, 5.41) is 19.0. The summed E-state index contributed by atoms with van der Waals surface area (Å²) in [5.74, 6) is 0. The highest BCUT2D eigenvalue weighted by Gasteiger charge is 2.35. The average Bonchev–Trinajstić information content (AvgIpc) is 2.84. The minimum atomic E-state index is -0.990. The predicted octanol–water partition coefficient (Wildman–Crippen LogP) is 5.23. The number of carbonyl (C=O) groups is 1. The standard InChI is InChI=1S/C29H37N3O2/c1-28(2,3)26(22-31-27(33)34)30-20-13-21-32-29(23-14-7-4-8-15-23,24-16-9-5-10-17-24)25-18-11-6-12-19-25/h4-12,14-19,26,30-32H,13,20-22H2,1-3H3,(H,33,34). The van der Waals surface area contributed by atoms with Crippen LogP contribution in [0, 0.1) is 5.41 Å². The maximum Gasteiger partial charge on any atom is 0.404 e. The van der Waals surface area contributed by atoms with E-state index in [0.29, 0.717) is 6.54 Å². The van der Waals surface area contributed by atoms with Gasteiger partial charge in [-0.1, -0.05) is 112 Å². The summed E-state index contributed by atoms with van der Waals surface area (Å²) in [5.41, 5.74) is 3.05. The molecule has 0 fully saturated rings. The van der Waals surface area contributed by atoms with Crippen LogP contribution in [0.25, 0.3) is 0 Å². The number of rotatable bonds is 11. The predicted molar refractivity (Wildman–Crippen MR) is 139 cm³/mol. The van der Waals surface area contributed by atoms with Crippen molar-refractivity contribution in [3.05, 3.63) is 108 Å². The van der Waals surface area contributed by atoms with Crippen molar-refractivity contribution in [2.45, 2.75) is 38.8 Å². The fourth-order valence-electron chi connectivity index (χ4n) is 4.39. The van der Waals surface area contributed by atoms with Crippen LogP contribution >= 0.6 is 0 Å². The van der Waals surface area contributed by atoms with E-state index in [-0.39, 0.29) is 11.5 Å². The molecule has 4 N–H and O–H groups in total. The summed E-state index contributed by atoms with van der Waals surface area (Å²) in [4.78, 5) is 11.0. The van der Waals surface area contributed by atoms with Gasteiger partial charge in [0, 0.05) is 12.6 Å². The van der Waals surface area contributed by atoms with Crippen molar-refractivity contribution in [3.8, 4) is 0 Å². The van der Waals surface area contributed by atoms with Crippen LogP contribution in [0.1, 0.15) is 43.9 Å². The first-order valence-electron chi connectivity index (χ1n) is 12.0. The molecule has 0 heterocycles. The van der Waals surface area contributed by atoms with Gasteiger partial charge in [-0.2, -0.15) is 0 Å². The molecular formula is C29H37N3O2. The Morgan fingerprint density at radius 3 is 1.59 bits per heavy atom. The second kappa shape index (κ2) is 11.8. The van der Waals surface area contributed by atoms with Crippen molar-refractivity contribution in [2.75, 3.05) is 19.6 Å². The molecule has 0 aliphatic carbocycles. The van der Waals surface area contributed by atoms with Crippen molar-refractivity contribution < 1.29 is 9.90 Å². The highest BCUT2D eigenvalue weighted by molar-refractivity contribution is 5.64. The van der Waals surface area contributed by atoms with Crippen LogP contribution in [-0.4, -0.2) is 36.9 Å². The molecule has 0 bridgehead atoms. The third-order valence-electron chi connectivity index (χ3n) is 6.26. The van der Waals surface area contributed by atoms with E-state index in [0.717, 1.165) is 19.5 Å². The Morgan fingerprint density at radius 2 is 1.21 bits per heavy atom.